The number of non-ortho nitro benzene ring substituents is 1. The molecular weight excluding hydrogens is 248 g/mol. The van der Waals surface area contributed by atoms with Gasteiger partial charge >= 0.3 is 0 Å². The predicted octanol–water partition coefficient (Wildman–Crippen LogP) is 2.58. The van der Waals surface area contributed by atoms with Gasteiger partial charge in [0, 0.05) is 24.4 Å². The maximum Gasteiger partial charge on any atom is 0.275 e. The number of benzene rings is 1. The van der Waals surface area contributed by atoms with E-state index in [1.807, 2.05) is 6.92 Å². The van der Waals surface area contributed by atoms with Gasteiger partial charge in [-0.05, 0) is 6.42 Å². The lowest BCUT2D eigenvalue weighted by atomic mass is 10.2. The van der Waals surface area contributed by atoms with Gasteiger partial charge in [0.1, 0.15) is 5.75 Å². The Morgan fingerprint density at radius 1 is 1.42 bits per heavy atom. The molecule has 7 heteroatoms. The summed E-state index contributed by atoms with van der Waals surface area (Å²) < 4.78 is 7.26. The molecule has 2 aromatic rings. The molecule has 2 N–H and O–H groups in total. The van der Waals surface area contributed by atoms with Crippen LogP contribution in [0.25, 0.3) is 0 Å². The lowest BCUT2D eigenvalue weighted by molar-refractivity contribution is -0.384. The number of aromatic nitrogens is 2. The van der Waals surface area contributed by atoms with Gasteiger partial charge in [-0.25, -0.2) is 0 Å². The summed E-state index contributed by atoms with van der Waals surface area (Å²) in [6, 6.07) is 4.14. The Bertz CT molecular complexity index is 594. The average molecular weight is 262 g/mol. The highest BCUT2D eigenvalue weighted by atomic mass is 16.6. The zero-order valence-electron chi connectivity index (χ0n) is 10.4. The van der Waals surface area contributed by atoms with Crippen LogP contribution < -0.4 is 10.5 Å². The van der Waals surface area contributed by atoms with Crippen LogP contribution in [0.3, 0.4) is 0 Å². The van der Waals surface area contributed by atoms with E-state index in [0.29, 0.717) is 11.5 Å². The van der Waals surface area contributed by atoms with Crippen molar-refractivity contribution in [1.29, 1.82) is 0 Å². The van der Waals surface area contributed by atoms with Crippen molar-refractivity contribution in [3.63, 3.8) is 0 Å². The van der Waals surface area contributed by atoms with E-state index < -0.39 is 4.92 Å². The number of anilines is 1. The number of hydrogen-bond acceptors (Lipinski definition) is 5. The van der Waals surface area contributed by atoms with Gasteiger partial charge in [-0.2, -0.15) is 5.10 Å². The highest BCUT2D eigenvalue weighted by molar-refractivity contribution is 5.54. The molecule has 0 saturated heterocycles. The smallest absolute Gasteiger partial charge is 0.275 e. The second-order valence-corrected chi connectivity index (χ2v) is 4.06. The SMILES string of the molecule is CCCn1cc(Oc2cc(N)cc([N+](=O)[O-])c2)cn1. The third-order valence-electron chi connectivity index (χ3n) is 2.42. The summed E-state index contributed by atoms with van der Waals surface area (Å²) in [4.78, 5) is 10.2. The summed E-state index contributed by atoms with van der Waals surface area (Å²) in [5, 5.41) is 14.8. The molecule has 1 aromatic heterocycles. The minimum atomic E-state index is -0.510. The number of nitrogens with two attached hydrogens (primary N) is 1. The van der Waals surface area contributed by atoms with E-state index in [2.05, 4.69) is 5.10 Å². The number of aryl methyl sites for hydroxylation is 1. The van der Waals surface area contributed by atoms with E-state index in [4.69, 9.17) is 10.5 Å². The van der Waals surface area contributed by atoms with Crippen molar-refractivity contribution in [2.24, 2.45) is 0 Å². The van der Waals surface area contributed by atoms with E-state index in [9.17, 15) is 10.1 Å². The van der Waals surface area contributed by atoms with Gasteiger partial charge in [0.25, 0.3) is 5.69 Å². The summed E-state index contributed by atoms with van der Waals surface area (Å²) in [5.74, 6) is 0.844. The Balaban J connectivity index is 2.19. The van der Waals surface area contributed by atoms with E-state index >= 15 is 0 Å². The molecule has 0 bridgehead atoms. The van der Waals surface area contributed by atoms with Crippen LogP contribution in [-0.2, 0) is 6.54 Å². The Kier molecular flexibility index (Phi) is 3.65. The first kappa shape index (κ1) is 12.9. The lowest BCUT2D eigenvalue weighted by Crippen LogP contribution is -1.95. The molecule has 1 heterocycles. The zero-order valence-corrected chi connectivity index (χ0v) is 10.4. The third kappa shape index (κ3) is 3.21. The minimum Gasteiger partial charge on any atom is -0.454 e. The van der Waals surface area contributed by atoms with Crippen LogP contribution >= 0.6 is 0 Å². The maximum absolute atomic E-state index is 10.7. The topological polar surface area (TPSA) is 96.2 Å². The largest absolute Gasteiger partial charge is 0.454 e. The number of nitro benzene ring substituents is 1. The normalized spacial score (nSPS) is 10.4. The van der Waals surface area contributed by atoms with Crippen molar-refractivity contribution in [3.05, 3.63) is 40.7 Å². The summed E-state index contributed by atoms with van der Waals surface area (Å²) in [7, 11) is 0. The number of nitrogens with zero attached hydrogens (tertiary/aromatic N) is 3. The number of nitrogen functional groups attached to an aromatic ring is 1. The molecule has 0 atom stereocenters. The highest BCUT2D eigenvalue weighted by Crippen LogP contribution is 2.28. The van der Waals surface area contributed by atoms with Gasteiger partial charge in [0.15, 0.2) is 5.75 Å². The molecule has 19 heavy (non-hydrogen) atoms. The van der Waals surface area contributed by atoms with Crippen LogP contribution in [-0.4, -0.2) is 14.7 Å². The number of rotatable bonds is 5. The quantitative estimate of drug-likeness (QED) is 0.507. The van der Waals surface area contributed by atoms with Crippen LogP contribution in [0.5, 0.6) is 11.5 Å². The molecule has 0 saturated carbocycles. The van der Waals surface area contributed by atoms with Crippen LogP contribution in [0.15, 0.2) is 30.6 Å². The van der Waals surface area contributed by atoms with Gasteiger partial charge in [-0.1, -0.05) is 6.92 Å². The van der Waals surface area contributed by atoms with E-state index in [1.54, 1.807) is 17.1 Å². The summed E-state index contributed by atoms with van der Waals surface area (Å²) in [5.41, 5.74) is 5.78. The Morgan fingerprint density at radius 2 is 2.21 bits per heavy atom. The maximum atomic E-state index is 10.7. The molecule has 0 spiro atoms. The molecule has 0 fully saturated rings. The van der Waals surface area contributed by atoms with Gasteiger partial charge in [0.05, 0.1) is 23.4 Å². The number of nitro groups is 1. The van der Waals surface area contributed by atoms with E-state index in [1.165, 1.54) is 18.2 Å². The van der Waals surface area contributed by atoms with Crippen molar-refractivity contribution in [1.82, 2.24) is 9.78 Å². The first-order valence-corrected chi connectivity index (χ1v) is 5.83. The Hall–Kier alpha value is -2.57. The van der Waals surface area contributed by atoms with Gasteiger partial charge in [0.2, 0.25) is 0 Å². The molecule has 0 radical (unpaired) electrons. The van der Waals surface area contributed by atoms with Crippen molar-refractivity contribution in [3.8, 4) is 11.5 Å². The number of ether oxygens (including phenoxy) is 1. The van der Waals surface area contributed by atoms with Crippen molar-refractivity contribution >= 4 is 11.4 Å². The minimum absolute atomic E-state index is 0.101. The number of hydrogen-bond donors (Lipinski definition) is 1. The molecule has 100 valence electrons. The van der Waals surface area contributed by atoms with Crippen LogP contribution in [0, 0.1) is 10.1 Å². The van der Waals surface area contributed by atoms with Crippen LogP contribution in [0.2, 0.25) is 0 Å². The molecule has 0 aliphatic heterocycles. The summed E-state index contributed by atoms with van der Waals surface area (Å²) in [6.45, 7) is 2.84. The van der Waals surface area contributed by atoms with Gasteiger partial charge < -0.3 is 10.5 Å². The average Bonchev–Trinajstić information content (AvgIpc) is 2.76. The Labute approximate surface area is 109 Å². The summed E-state index contributed by atoms with van der Waals surface area (Å²) >= 11 is 0. The molecule has 2 rings (SSSR count). The molecule has 0 unspecified atom stereocenters. The van der Waals surface area contributed by atoms with Crippen LogP contribution in [0.4, 0.5) is 11.4 Å². The highest BCUT2D eigenvalue weighted by Gasteiger charge is 2.10. The van der Waals surface area contributed by atoms with Crippen molar-refractivity contribution < 1.29 is 9.66 Å². The standard InChI is InChI=1S/C12H14N4O3/c1-2-3-15-8-12(7-14-15)19-11-5-9(13)4-10(6-11)16(17)18/h4-8H,2-3,13H2,1H3. The van der Waals surface area contributed by atoms with Crippen molar-refractivity contribution in [2.45, 2.75) is 19.9 Å². The molecule has 0 aliphatic carbocycles. The first-order valence-electron chi connectivity index (χ1n) is 5.83. The fraction of sp³-hybridized carbons (Fsp3) is 0.250. The van der Waals surface area contributed by atoms with Crippen LogP contribution in [0.1, 0.15) is 13.3 Å². The molecule has 7 nitrogen and oxygen atoms in total. The van der Waals surface area contributed by atoms with Gasteiger partial charge in [-0.3, -0.25) is 14.8 Å². The predicted molar refractivity (Wildman–Crippen MR) is 70.1 cm³/mol. The van der Waals surface area contributed by atoms with Gasteiger partial charge in [-0.15, -0.1) is 0 Å². The molecule has 0 aliphatic rings. The molecular formula is C12H14N4O3. The van der Waals surface area contributed by atoms with E-state index in [-0.39, 0.29) is 11.4 Å². The monoisotopic (exact) mass is 262 g/mol. The second kappa shape index (κ2) is 5.38. The molecule has 1 aromatic carbocycles. The fourth-order valence-electron chi connectivity index (χ4n) is 1.65. The Morgan fingerprint density at radius 3 is 2.89 bits per heavy atom. The van der Waals surface area contributed by atoms with Crippen molar-refractivity contribution in [2.75, 3.05) is 5.73 Å². The fourth-order valence-corrected chi connectivity index (χ4v) is 1.65. The third-order valence-corrected chi connectivity index (χ3v) is 2.42. The second-order valence-electron chi connectivity index (χ2n) is 4.06. The van der Waals surface area contributed by atoms with E-state index in [0.717, 1.165) is 13.0 Å². The molecule has 0 amide bonds. The first-order chi connectivity index (χ1) is 9.08. The lowest BCUT2D eigenvalue weighted by Gasteiger charge is -2.03. The summed E-state index contributed by atoms with van der Waals surface area (Å²) in [6.07, 6.45) is 4.26. The zero-order chi connectivity index (χ0) is 13.8.